The van der Waals surface area contributed by atoms with Gasteiger partial charge < -0.3 is 10.3 Å². The molecule has 0 aliphatic rings. The Hall–Kier alpha value is 0.392. The molecule has 1 rings (SSSR count). The first kappa shape index (κ1) is 10.4. The first-order valence-electron chi connectivity index (χ1n) is 2.86. The molecule has 0 amide bonds. The van der Waals surface area contributed by atoms with E-state index in [1.165, 1.54) is 0 Å². The van der Waals surface area contributed by atoms with E-state index in [1.54, 1.807) is 13.2 Å². The van der Waals surface area contributed by atoms with Crippen LogP contribution in [0.2, 0.25) is 0 Å². The van der Waals surface area contributed by atoms with Gasteiger partial charge in [-0.05, 0) is 6.92 Å². The van der Waals surface area contributed by atoms with E-state index in [2.05, 4.69) is 10.3 Å². The molecule has 0 unspecified atom stereocenters. The number of aryl methyl sites for hydroxylation is 1. The zero-order valence-corrected chi connectivity index (χ0v) is 10.9. The second-order valence-electron chi connectivity index (χ2n) is 1.87. The molecule has 0 aliphatic carbocycles. The summed E-state index contributed by atoms with van der Waals surface area (Å²) in [6.07, 6.45) is 1.75. The third kappa shape index (κ3) is 2.56. The minimum atomic E-state index is 0. The molecule has 0 saturated carbocycles. The van der Waals surface area contributed by atoms with E-state index in [4.69, 9.17) is 0 Å². The standard InChI is InChI=1S/C7H9N2.Ac/c1-6-4-3-5-9-7(6)8-2;/h3-5H,1-2H3;/q-1;. The largest absolute Gasteiger partial charge is 0.469 e. The van der Waals surface area contributed by atoms with Gasteiger partial charge in [0.2, 0.25) is 0 Å². The zero-order valence-electron chi connectivity index (χ0n) is 6.20. The summed E-state index contributed by atoms with van der Waals surface area (Å²) in [6, 6.07) is 3.90. The minimum Gasteiger partial charge on any atom is -0.469 e. The number of rotatable bonds is 1. The van der Waals surface area contributed by atoms with Crippen LogP contribution >= 0.6 is 0 Å². The Labute approximate surface area is 97.0 Å². The molecule has 0 bridgehead atoms. The Kier molecular flexibility index (Phi) is 5.30. The van der Waals surface area contributed by atoms with Crippen LogP contribution in [0, 0.1) is 51.0 Å². The van der Waals surface area contributed by atoms with Gasteiger partial charge in [0.15, 0.2) is 0 Å². The summed E-state index contributed by atoms with van der Waals surface area (Å²) < 4.78 is 0. The molecular weight excluding hydrogens is 339 g/mol. The molecule has 0 aromatic carbocycles. The first-order chi connectivity index (χ1) is 4.34. The minimum absolute atomic E-state index is 0. The SMILES string of the molecule is C[N-]c1ncccc1C.[Ac]. The summed E-state index contributed by atoms with van der Waals surface area (Å²) >= 11 is 0. The van der Waals surface area contributed by atoms with Gasteiger partial charge in [0.05, 0.1) is 0 Å². The van der Waals surface area contributed by atoms with Crippen molar-refractivity contribution in [3.8, 4) is 0 Å². The van der Waals surface area contributed by atoms with Crippen molar-refractivity contribution >= 4 is 5.82 Å². The van der Waals surface area contributed by atoms with Crippen LogP contribution in [0.4, 0.5) is 5.82 Å². The van der Waals surface area contributed by atoms with E-state index in [9.17, 15) is 0 Å². The molecule has 1 aromatic rings. The molecule has 2 nitrogen and oxygen atoms in total. The van der Waals surface area contributed by atoms with Crippen LogP contribution in [0.15, 0.2) is 18.3 Å². The molecule has 1 heterocycles. The van der Waals surface area contributed by atoms with Gasteiger partial charge in [-0.1, -0.05) is 36.8 Å². The van der Waals surface area contributed by atoms with Gasteiger partial charge in [-0.2, -0.15) is 0 Å². The average molecular weight is 348 g/mol. The maximum Gasteiger partial charge on any atom is 0 e. The molecular formula is C7H9AcN2-. The van der Waals surface area contributed by atoms with Crippen molar-refractivity contribution in [1.82, 2.24) is 4.98 Å². The summed E-state index contributed by atoms with van der Waals surface area (Å²) in [7, 11) is 1.75. The molecule has 3 heteroatoms. The summed E-state index contributed by atoms with van der Waals surface area (Å²) in [6.45, 7) is 2.00. The van der Waals surface area contributed by atoms with Gasteiger partial charge in [0, 0.05) is 44.1 Å². The molecule has 0 N–H and O–H groups in total. The second-order valence-corrected chi connectivity index (χ2v) is 1.87. The van der Waals surface area contributed by atoms with Crippen molar-refractivity contribution in [1.29, 1.82) is 0 Å². The molecule has 0 aliphatic heterocycles. The number of hydrogen-bond donors (Lipinski definition) is 0. The number of pyridine rings is 1. The van der Waals surface area contributed by atoms with Crippen molar-refractivity contribution < 1.29 is 44.1 Å². The molecule has 1 aromatic heterocycles. The molecule has 1 radical (unpaired) electrons. The van der Waals surface area contributed by atoms with Crippen molar-refractivity contribution in [2.45, 2.75) is 6.92 Å². The van der Waals surface area contributed by atoms with E-state index in [-0.39, 0.29) is 44.1 Å². The first-order valence-corrected chi connectivity index (χ1v) is 2.86. The predicted molar refractivity (Wildman–Crippen MR) is 37.9 cm³/mol. The van der Waals surface area contributed by atoms with Crippen LogP contribution in [-0.2, 0) is 0 Å². The Balaban J connectivity index is 0.000000810. The Bertz CT molecular complexity index is 201. The van der Waals surface area contributed by atoms with Crippen LogP contribution in [-0.4, -0.2) is 12.0 Å². The van der Waals surface area contributed by atoms with Crippen molar-refractivity contribution in [2.75, 3.05) is 7.05 Å². The maximum atomic E-state index is 4.03. The van der Waals surface area contributed by atoms with Gasteiger partial charge in [-0.25, -0.2) is 0 Å². The molecule has 0 fully saturated rings. The molecule has 0 atom stereocenters. The van der Waals surface area contributed by atoms with Crippen LogP contribution < -0.4 is 0 Å². The molecule has 10 heavy (non-hydrogen) atoms. The van der Waals surface area contributed by atoms with E-state index in [1.807, 2.05) is 19.1 Å². The summed E-state index contributed by atoms with van der Waals surface area (Å²) in [5.74, 6) is 0.831. The number of aromatic nitrogens is 1. The third-order valence-corrected chi connectivity index (χ3v) is 1.19. The zero-order chi connectivity index (χ0) is 6.69. The van der Waals surface area contributed by atoms with E-state index < -0.39 is 0 Å². The molecule has 0 spiro atoms. The Morgan fingerprint density at radius 2 is 2.20 bits per heavy atom. The molecule has 0 saturated heterocycles. The van der Waals surface area contributed by atoms with Crippen molar-refractivity contribution in [3.05, 3.63) is 29.2 Å². The van der Waals surface area contributed by atoms with Crippen molar-refractivity contribution in [2.24, 2.45) is 0 Å². The number of nitrogens with zero attached hydrogens (tertiary/aromatic N) is 2. The predicted octanol–water partition coefficient (Wildman–Crippen LogP) is 2.03. The molecule has 51 valence electrons. The topological polar surface area (TPSA) is 27.0 Å². The van der Waals surface area contributed by atoms with Gasteiger partial charge in [0.25, 0.3) is 0 Å². The van der Waals surface area contributed by atoms with Crippen LogP contribution in [0.25, 0.3) is 5.32 Å². The van der Waals surface area contributed by atoms with Crippen LogP contribution in [0.3, 0.4) is 0 Å². The Morgan fingerprint density at radius 3 is 2.60 bits per heavy atom. The second kappa shape index (κ2) is 5.10. The van der Waals surface area contributed by atoms with Crippen LogP contribution in [0.1, 0.15) is 5.56 Å². The van der Waals surface area contributed by atoms with Crippen LogP contribution in [0.5, 0.6) is 0 Å². The normalized spacial score (nSPS) is 8.20. The van der Waals surface area contributed by atoms with Crippen molar-refractivity contribution in [3.63, 3.8) is 0 Å². The average Bonchev–Trinajstić information content (AvgIpc) is 1.89. The van der Waals surface area contributed by atoms with Gasteiger partial charge >= 0.3 is 0 Å². The Morgan fingerprint density at radius 1 is 1.50 bits per heavy atom. The number of hydrogen-bond acceptors (Lipinski definition) is 1. The fraction of sp³-hybridized carbons (Fsp3) is 0.286. The maximum absolute atomic E-state index is 4.03. The van der Waals surface area contributed by atoms with Gasteiger partial charge in [0.1, 0.15) is 0 Å². The van der Waals surface area contributed by atoms with Gasteiger partial charge in [-0.15, -0.1) is 0 Å². The van der Waals surface area contributed by atoms with E-state index >= 15 is 0 Å². The third-order valence-electron chi connectivity index (χ3n) is 1.19. The van der Waals surface area contributed by atoms with E-state index in [0.717, 1.165) is 11.4 Å². The fourth-order valence-corrected chi connectivity index (χ4v) is 0.711. The fourth-order valence-electron chi connectivity index (χ4n) is 0.711. The smallest absolute Gasteiger partial charge is 0 e. The summed E-state index contributed by atoms with van der Waals surface area (Å²) in [4.78, 5) is 4.03. The summed E-state index contributed by atoms with van der Waals surface area (Å²) in [5.41, 5.74) is 1.13. The quantitative estimate of drug-likeness (QED) is 0.763. The monoisotopic (exact) mass is 348 g/mol. The summed E-state index contributed by atoms with van der Waals surface area (Å²) in [5, 5.41) is 3.96. The van der Waals surface area contributed by atoms with Gasteiger partial charge in [-0.3, -0.25) is 0 Å². The van der Waals surface area contributed by atoms with E-state index in [0.29, 0.717) is 0 Å².